The van der Waals surface area contributed by atoms with E-state index in [4.69, 9.17) is 17.2 Å². The molecule has 0 atom stereocenters. The van der Waals surface area contributed by atoms with Gasteiger partial charge in [0.25, 0.3) is 0 Å². The Morgan fingerprint density at radius 2 is 1.08 bits per heavy atom. The molecule has 0 amide bonds. The van der Waals surface area contributed by atoms with Crippen molar-refractivity contribution in [3.8, 4) is 0 Å². The quantitative estimate of drug-likeness (QED) is 0.317. The summed E-state index contributed by atoms with van der Waals surface area (Å²) in [4.78, 5) is 12.5. The van der Waals surface area contributed by atoms with Crippen LogP contribution in [-0.2, 0) is 16.2 Å². The highest BCUT2D eigenvalue weighted by atomic mass is 14.9. The van der Waals surface area contributed by atoms with E-state index in [1.165, 1.54) is 5.56 Å². The molecule has 3 heterocycles. The van der Waals surface area contributed by atoms with Gasteiger partial charge < -0.3 is 17.2 Å². The third kappa shape index (κ3) is 9.14. The largest absolute Gasteiger partial charge is 0.383 e. The molecule has 3 aromatic rings. The Hall–Kier alpha value is -3.15. The number of nitrogens with two attached hydrogens (primary N) is 3. The van der Waals surface area contributed by atoms with Crippen LogP contribution in [-0.4, -0.2) is 15.0 Å². The van der Waals surface area contributed by atoms with Crippen LogP contribution in [0.1, 0.15) is 96.0 Å². The highest BCUT2D eigenvalue weighted by Gasteiger charge is 2.20. The maximum atomic E-state index is 5.90. The molecule has 0 aliphatic heterocycles. The number of nitrogen functional groups attached to an aromatic ring is 3. The van der Waals surface area contributed by atoms with Crippen LogP contribution in [0, 0.1) is 20.8 Å². The smallest absolute Gasteiger partial charge is 0.127 e. The molecule has 6 nitrogen and oxygen atoms in total. The van der Waals surface area contributed by atoms with Crippen molar-refractivity contribution in [2.45, 2.75) is 99.3 Å². The molecule has 36 heavy (non-hydrogen) atoms. The summed E-state index contributed by atoms with van der Waals surface area (Å²) >= 11 is 0. The molecule has 3 aromatic heterocycles. The molecule has 0 saturated carbocycles. The van der Waals surface area contributed by atoms with Gasteiger partial charge in [-0.1, -0.05) is 74.4 Å². The van der Waals surface area contributed by atoms with Gasteiger partial charge in [0.15, 0.2) is 0 Å². The molecule has 198 valence electrons. The van der Waals surface area contributed by atoms with Gasteiger partial charge >= 0.3 is 0 Å². The lowest BCUT2D eigenvalue weighted by Gasteiger charge is -2.23. The van der Waals surface area contributed by atoms with Crippen LogP contribution in [0.15, 0.2) is 36.5 Å². The number of pyridine rings is 3. The van der Waals surface area contributed by atoms with Crippen molar-refractivity contribution in [3.63, 3.8) is 0 Å². The van der Waals surface area contributed by atoms with Gasteiger partial charge in [0.2, 0.25) is 0 Å². The number of hydrogen-bond acceptors (Lipinski definition) is 6. The summed E-state index contributed by atoms with van der Waals surface area (Å²) in [6.07, 6.45) is 1.71. The van der Waals surface area contributed by atoms with Gasteiger partial charge in [0.1, 0.15) is 17.5 Å². The topological polar surface area (TPSA) is 117 Å². The molecule has 6 heteroatoms. The van der Waals surface area contributed by atoms with Gasteiger partial charge in [0, 0.05) is 23.1 Å². The molecule has 6 N–H and O–H groups in total. The lowest BCUT2D eigenvalue weighted by molar-refractivity contribution is 0.585. The molecular formula is C30H48N6. The van der Waals surface area contributed by atoms with Crippen LogP contribution in [0.2, 0.25) is 0 Å². The van der Waals surface area contributed by atoms with Crippen LogP contribution < -0.4 is 17.2 Å². The Kier molecular flexibility index (Phi) is 10.1. The molecule has 0 aliphatic rings. The van der Waals surface area contributed by atoms with Crippen LogP contribution in [0.3, 0.4) is 0 Å². The predicted molar refractivity (Wildman–Crippen MR) is 156 cm³/mol. The summed E-state index contributed by atoms with van der Waals surface area (Å²) in [5.74, 6) is 1.97. The number of nitrogens with zero attached hydrogens (tertiary/aromatic N) is 3. The minimum absolute atomic E-state index is 0.0782. The fraction of sp³-hybridized carbons (Fsp3) is 0.500. The number of anilines is 3. The Balaban J connectivity index is 0.000000271. The standard InChI is InChI=1S/C11H18N2.C10H16N2.C9H14N2/c1-7-6-8(2)13-10(12)9(7)11(3,4)5;1-7-5-6-8(9(11)12-7)10(2,3)4;1-9(2,3)7-5-4-6-11-8(7)10/h6H,1-5H3,(H2,12,13);5-6H,1-4H3,(H2,11,12);4-6H,1-3H3,(H2,10,11). The minimum Gasteiger partial charge on any atom is -0.383 e. The van der Waals surface area contributed by atoms with E-state index in [1.54, 1.807) is 6.20 Å². The zero-order valence-electron chi connectivity index (χ0n) is 24.5. The van der Waals surface area contributed by atoms with Crippen molar-refractivity contribution in [3.05, 3.63) is 70.2 Å². The van der Waals surface area contributed by atoms with Crippen LogP contribution in [0.4, 0.5) is 17.5 Å². The Bertz CT molecular complexity index is 1120. The van der Waals surface area contributed by atoms with E-state index in [0.29, 0.717) is 17.5 Å². The van der Waals surface area contributed by atoms with E-state index in [2.05, 4.69) is 96.3 Å². The van der Waals surface area contributed by atoms with E-state index in [1.807, 2.05) is 32.0 Å². The highest BCUT2D eigenvalue weighted by Crippen LogP contribution is 2.30. The lowest BCUT2D eigenvalue weighted by atomic mass is 9.84. The zero-order chi connectivity index (χ0) is 28.1. The average Bonchev–Trinajstić information content (AvgIpc) is 2.65. The second-order valence-corrected chi connectivity index (χ2v) is 12.4. The molecule has 0 unspecified atom stereocenters. The van der Waals surface area contributed by atoms with E-state index in [-0.39, 0.29) is 16.2 Å². The minimum atomic E-state index is 0.0782. The first-order chi connectivity index (χ1) is 16.2. The van der Waals surface area contributed by atoms with Gasteiger partial charge in [0.05, 0.1) is 0 Å². The monoisotopic (exact) mass is 492 g/mol. The molecule has 0 aromatic carbocycles. The van der Waals surface area contributed by atoms with Gasteiger partial charge in [-0.2, -0.15) is 0 Å². The molecule has 0 fully saturated rings. The Morgan fingerprint density at radius 1 is 0.583 bits per heavy atom. The Morgan fingerprint density at radius 3 is 1.47 bits per heavy atom. The number of hydrogen-bond donors (Lipinski definition) is 3. The normalized spacial score (nSPS) is 11.7. The van der Waals surface area contributed by atoms with Gasteiger partial charge in [-0.05, 0) is 71.9 Å². The van der Waals surface area contributed by atoms with Crippen molar-refractivity contribution in [2.24, 2.45) is 0 Å². The van der Waals surface area contributed by atoms with Crippen molar-refractivity contribution in [2.75, 3.05) is 17.2 Å². The summed E-state index contributed by atoms with van der Waals surface area (Å²) in [6, 6.07) is 10.1. The van der Waals surface area contributed by atoms with Crippen molar-refractivity contribution in [1.29, 1.82) is 0 Å². The highest BCUT2D eigenvalue weighted by molar-refractivity contribution is 5.49. The second-order valence-electron chi connectivity index (χ2n) is 12.4. The van der Waals surface area contributed by atoms with Gasteiger partial charge in [-0.15, -0.1) is 0 Å². The molecule has 0 aliphatic carbocycles. The Labute approximate surface area is 219 Å². The maximum Gasteiger partial charge on any atom is 0.127 e. The number of rotatable bonds is 0. The number of aromatic nitrogens is 3. The van der Waals surface area contributed by atoms with Crippen LogP contribution in [0.25, 0.3) is 0 Å². The van der Waals surface area contributed by atoms with Crippen molar-refractivity contribution < 1.29 is 0 Å². The first-order valence-corrected chi connectivity index (χ1v) is 12.4. The molecule has 3 rings (SSSR count). The third-order valence-electron chi connectivity index (χ3n) is 5.64. The molecule has 0 saturated heterocycles. The SMILES string of the molecule is CC(C)(C)c1cccnc1N.Cc1cc(C)c(C(C)(C)C)c(N)n1.Cc1ccc(C(C)(C)C)c(N)n1. The third-order valence-corrected chi connectivity index (χ3v) is 5.64. The van der Waals surface area contributed by atoms with Crippen LogP contribution >= 0.6 is 0 Å². The summed E-state index contributed by atoms with van der Waals surface area (Å²) in [5, 5.41) is 0. The first-order valence-electron chi connectivity index (χ1n) is 12.4. The van der Waals surface area contributed by atoms with Crippen molar-refractivity contribution in [1.82, 2.24) is 15.0 Å². The van der Waals surface area contributed by atoms with E-state index in [9.17, 15) is 0 Å². The molecule has 0 radical (unpaired) electrons. The van der Waals surface area contributed by atoms with Gasteiger partial charge in [-0.25, -0.2) is 15.0 Å². The van der Waals surface area contributed by atoms with E-state index in [0.717, 1.165) is 28.1 Å². The fourth-order valence-electron chi connectivity index (χ4n) is 4.10. The molecule has 0 spiro atoms. The van der Waals surface area contributed by atoms with E-state index < -0.39 is 0 Å². The fourth-order valence-corrected chi connectivity index (χ4v) is 4.10. The predicted octanol–water partition coefficient (Wildman–Crippen LogP) is 6.81. The molecule has 0 bridgehead atoms. The summed E-state index contributed by atoms with van der Waals surface area (Å²) in [5.41, 5.74) is 24.2. The molecular weight excluding hydrogens is 444 g/mol. The van der Waals surface area contributed by atoms with Gasteiger partial charge in [-0.3, -0.25) is 0 Å². The summed E-state index contributed by atoms with van der Waals surface area (Å²) in [7, 11) is 0. The zero-order valence-corrected chi connectivity index (χ0v) is 24.5. The van der Waals surface area contributed by atoms with Crippen LogP contribution in [0.5, 0.6) is 0 Å². The summed E-state index contributed by atoms with van der Waals surface area (Å²) in [6.45, 7) is 25.3. The maximum absolute atomic E-state index is 5.90. The van der Waals surface area contributed by atoms with E-state index >= 15 is 0 Å². The first kappa shape index (κ1) is 30.9. The number of aryl methyl sites for hydroxylation is 3. The summed E-state index contributed by atoms with van der Waals surface area (Å²) < 4.78 is 0. The van der Waals surface area contributed by atoms with Crippen molar-refractivity contribution >= 4 is 17.5 Å². The second kappa shape index (κ2) is 11.7. The average molecular weight is 493 g/mol. The lowest BCUT2D eigenvalue weighted by Crippen LogP contribution is -2.17.